The summed E-state index contributed by atoms with van der Waals surface area (Å²) in [4.78, 5) is 0. The minimum Gasteiger partial charge on any atom is -0.378 e. The molecule has 0 aliphatic carbocycles. The van der Waals surface area contributed by atoms with Gasteiger partial charge >= 0.3 is 0 Å². The van der Waals surface area contributed by atoms with Crippen LogP contribution >= 0.6 is 0 Å². The van der Waals surface area contributed by atoms with Crippen molar-refractivity contribution in [2.75, 3.05) is 6.61 Å². The lowest BCUT2D eigenvalue weighted by Crippen LogP contribution is -2.17. The van der Waals surface area contributed by atoms with Gasteiger partial charge < -0.3 is 4.74 Å². The van der Waals surface area contributed by atoms with E-state index in [-0.39, 0.29) is 0 Å². The number of rotatable bonds is 3. The molecule has 62 valence electrons. The Balaban J connectivity index is 2.14. The Bertz CT molecular complexity index is 132. The van der Waals surface area contributed by atoms with Gasteiger partial charge in [0.25, 0.3) is 0 Å². The Morgan fingerprint density at radius 3 is 3.00 bits per heavy atom. The summed E-state index contributed by atoms with van der Waals surface area (Å²) >= 11 is 0. The van der Waals surface area contributed by atoms with Crippen molar-refractivity contribution in [3.05, 3.63) is 24.8 Å². The molecule has 1 rings (SSSR count). The molecule has 1 atom stereocenters. The summed E-state index contributed by atoms with van der Waals surface area (Å²) in [6.45, 7) is 4.57. The molecule has 11 heavy (non-hydrogen) atoms. The lowest BCUT2D eigenvalue weighted by atomic mass is 10.1. The van der Waals surface area contributed by atoms with Crippen molar-refractivity contribution in [2.45, 2.75) is 31.8 Å². The fourth-order valence-corrected chi connectivity index (χ4v) is 1.32. The van der Waals surface area contributed by atoms with Crippen LogP contribution in [0.2, 0.25) is 0 Å². The van der Waals surface area contributed by atoms with Crippen LogP contribution in [-0.2, 0) is 4.74 Å². The van der Waals surface area contributed by atoms with Crippen LogP contribution in [0.3, 0.4) is 0 Å². The first-order chi connectivity index (χ1) is 5.43. The zero-order valence-electron chi connectivity index (χ0n) is 6.96. The van der Waals surface area contributed by atoms with Crippen molar-refractivity contribution in [3.63, 3.8) is 0 Å². The lowest BCUT2D eigenvalue weighted by Gasteiger charge is -2.20. The largest absolute Gasteiger partial charge is 0.378 e. The average molecular weight is 152 g/mol. The van der Waals surface area contributed by atoms with Gasteiger partial charge in [-0.1, -0.05) is 24.8 Å². The van der Waals surface area contributed by atoms with Gasteiger partial charge in [0.05, 0.1) is 6.10 Å². The summed E-state index contributed by atoms with van der Waals surface area (Å²) in [6, 6.07) is 0. The molecule has 0 radical (unpaired) electrons. The van der Waals surface area contributed by atoms with Crippen LogP contribution in [-0.4, -0.2) is 12.7 Å². The molecule has 1 heterocycles. The van der Waals surface area contributed by atoms with Crippen LogP contribution in [0.5, 0.6) is 0 Å². The van der Waals surface area contributed by atoms with E-state index in [2.05, 4.69) is 12.7 Å². The van der Waals surface area contributed by atoms with E-state index >= 15 is 0 Å². The summed E-state index contributed by atoms with van der Waals surface area (Å²) in [5, 5.41) is 0. The van der Waals surface area contributed by atoms with E-state index in [1.54, 1.807) is 0 Å². The van der Waals surface area contributed by atoms with Crippen molar-refractivity contribution in [2.24, 2.45) is 0 Å². The first-order valence-corrected chi connectivity index (χ1v) is 4.32. The maximum Gasteiger partial charge on any atom is 0.0609 e. The molecule has 1 heteroatoms. The molecular weight excluding hydrogens is 136 g/mol. The smallest absolute Gasteiger partial charge is 0.0609 e. The summed E-state index contributed by atoms with van der Waals surface area (Å²) in [6.07, 6.45) is 11.2. The topological polar surface area (TPSA) is 9.23 Å². The number of hydrogen-bond donors (Lipinski definition) is 0. The average Bonchev–Trinajstić information content (AvgIpc) is 2.07. The van der Waals surface area contributed by atoms with E-state index in [1.807, 2.05) is 12.2 Å². The zero-order valence-corrected chi connectivity index (χ0v) is 6.96. The van der Waals surface area contributed by atoms with Crippen molar-refractivity contribution >= 4 is 0 Å². The van der Waals surface area contributed by atoms with Crippen LogP contribution in [0.4, 0.5) is 0 Å². The Hall–Kier alpha value is -0.560. The highest BCUT2D eigenvalue weighted by Crippen LogP contribution is 2.15. The molecule has 1 aliphatic heterocycles. The van der Waals surface area contributed by atoms with Gasteiger partial charge in [-0.15, -0.1) is 0 Å². The number of ether oxygens (including phenoxy) is 1. The summed E-state index contributed by atoms with van der Waals surface area (Å²) in [5.41, 5.74) is 0. The molecule has 0 aromatic carbocycles. The SMILES string of the molecule is C=C/C=C/C[C@H]1CCCCO1. The van der Waals surface area contributed by atoms with Crippen LogP contribution < -0.4 is 0 Å². The molecule has 0 aromatic heterocycles. The normalized spacial score (nSPS) is 25.6. The monoisotopic (exact) mass is 152 g/mol. The van der Waals surface area contributed by atoms with Gasteiger partial charge in [0.2, 0.25) is 0 Å². The third-order valence-corrected chi connectivity index (χ3v) is 1.95. The second-order valence-electron chi connectivity index (χ2n) is 2.89. The lowest BCUT2D eigenvalue weighted by molar-refractivity contribution is 0.0184. The molecule has 1 fully saturated rings. The van der Waals surface area contributed by atoms with E-state index in [9.17, 15) is 0 Å². The molecule has 0 aromatic rings. The van der Waals surface area contributed by atoms with Gasteiger partial charge in [-0.2, -0.15) is 0 Å². The molecule has 0 unspecified atom stereocenters. The highest BCUT2D eigenvalue weighted by Gasteiger charge is 2.10. The van der Waals surface area contributed by atoms with Gasteiger partial charge in [-0.3, -0.25) is 0 Å². The Morgan fingerprint density at radius 2 is 2.36 bits per heavy atom. The maximum atomic E-state index is 5.54. The van der Waals surface area contributed by atoms with Gasteiger partial charge in [-0.05, 0) is 25.7 Å². The molecule has 0 saturated carbocycles. The first kappa shape index (κ1) is 8.54. The van der Waals surface area contributed by atoms with E-state index in [1.165, 1.54) is 19.3 Å². The van der Waals surface area contributed by atoms with E-state index in [4.69, 9.17) is 4.74 Å². The molecule has 0 amide bonds. The Morgan fingerprint density at radius 1 is 1.45 bits per heavy atom. The summed E-state index contributed by atoms with van der Waals surface area (Å²) in [7, 11) is 0. The van der Waals surface area contributed by atoms with Gasteiger partial charge in [-0.25, -0.2) is 0 Å². The fourth-order valence-electron chi connectivity index (χ4n) is 1.32. The summed E-state index contributed by atoms with van der Waals surface area (Å²) in [5.74, 6) is 0. The molecule has 1 nitrogen and oxygen atoms in total. The predicted molar refractivity (Wildman–Crippen MR) is 47.5 cm³/mol. The second kappa shape index (κ2) is 5.14. The van der Waals surface area contributed by atoms with E-state index in [0.717, 1.165) is 13.0 Å². The van der Waals surface area contributed by atoms with Crippen molar-refractivity contribution in [1.29, 1.82) is 0 Å². The number of allylic oxidation sites excluding steroid dienone is 2. The Labute approximate surface area is 68.8 Å². The summed E-state index contributed by atoms with van der Waals surface area (Å²) < 4.78 is 5.54. The minimum atomic E-state index is 0.472. The number of hydrogen-bond acceptors (Lipinski definition) is 1. The van der Waals surface area contributed by atoms with Crippen LogP contribution in [0.25, 0.3) is 0 Å². The van der Waals surface area contributed by atoms with Gasteiger partial charge in [0, 0.05) is 6.61 Å². The molecule has 1 aliphatic rings. The van der Waals surface area contributed by atoms with E-state index in [0.29, 0.717) is 6.10 Å². The van der Waals surface area contributed by atoms with Gasteiger partial charge in [0.1, 0.15) is 0 Å². The second-order valence-corrected chi connectivity index (χ2v) is 2.89. The molecule has 0 spiro atoms. The first-order valence-electron chi connectivity index (χ1n) is 4.32. The standard InChI is InChI=1S/C10H16O/c1-2-3-4-7-10-8-5-6-9-11-10/h2-4,10H,1,5-9H2/b4-3+/t10-/m0/s1. The van der Waals surface area contributed by atoms with Crippen LogP contribution in [0.1, 0.15) is 25.7 Å². The highest BCUT2D eigenvalue weighted by molar-refractivity contribution is 4.98. The van der Waals surface area contributed by atoms with Crippen LogP contribution in [0, 0.1) is 0 Å². The molecule has 0 N–H and O–H groups in total. The molecule has 0 bridgehead atoms. The third kappa shape index (κ3) is 3.38. The predicted octanol–water partition coefficient (Wildman–Crippen LogP) is 2.69. The van der Waals surface area contributed by atoms with Crippen LogP contribution in [0.15, 0.2) is 24.8 Å². The van der Waals surface area contributed by atoms with Gasteiger partial charge in [0.15, 0.2) is 0 Å². The Kier molecular flexibility index (Phi) is 3.99. The third-order valence-electron chi connectivity index (χ3n) is 1.95. The fraction of sp³-hybridized carbons (Fsp3) is 0.600. The minimum absolute atomic E-state index is 0.472. The molecule has 1 saturated heterocycles. The van der Waals surface area contributed by atoms with Crippen molar-refractivity contribution in [1.82, 2.24) is 0 Å². The van der Waals surface area contributed by atoms with Crippen molar-refractivity contribution in [3.8, 4) is 0 Å². The van der Waals surface area contributed by atoms with Crippen molar-refractivity contribution < 1.29 is 4.74 Å². The van der Waals surface area contributed by atoms with E-state index < -0.39 is 0 Å². The zero-order chi connectivity index (χ0) is 7.94. The highest BCUT2D eigenvalue weighted by atomic mass is 16.5. The molecular formula is C10H16O. The quantitative estimate of drug-likeness (QED) is 0.565. The maximum absolute atomic E-state index is 5.54.